The van der Waals surface area contributed by atoms with Crippen LogP contribution < -0.4 is 5.32 Å². The Morgan fingerprint density at radius 2 is 1.94 bits per heavy atom. The van der Waals surface area contributed by atoms with Crippen molar-refractivity contribution in [2.24, 2.45) is 5.41 Å². The van der Waals surface area contributed by atoms with Gasteiger partial charge in [-0.2, -0.15) is 0 Å². The zero-order valence-electron chi connectivity index (χ0n) is 9.99. The highest BCUT2D eigenvalue weighted by atomic mass is 16.1. The van der Waals surface area contributed by atoms with Crippen LogP contribution in [-0.2, 0) is 4.79 Å². The molecule has 2 rings (SSSR count). The number of ketones is 1. The third kappa shape index (κ3) is 2.63. The van der Waals surface area contributed by atoms with Gasteiger partial charge in [0.2, 0.25) is 0 Å². The van der Waals surface area contributed by atoms with Gasteiger partial charge < -0.3 is 5.32 Å². The second-order valence-electron chi connectivity index (χ2n) is 5.40. The molecule has 0 aromatic heterocycles. The fourth-order valence-corrected chi connectivity index (χ4v) is 2.27. The Labute approximate surface area is 97.1 Å². The molecule has 2 heteroatoms. The van der Waals surface area contributed by atoms with Gasteiger partial charge >= 0.3 is 0 Å². The molecule has 1 aliphatic carbocycles. The van der Waals surface area contributed by atoms with Crippen LogP contribution >= 0.6 is 0 Å². The minimum Gasteiger partial charge on any atom is -0.375 e. The van der Waals surface area contributed by atoms with Gasteiger partial charge in [0, 0.05) is 12.1 Å². The summed E-state index contributed by atoms with van der Waals surface area (Å²) in [5.74, 6) is 0.350. The Balaban J connectivity index is 2.06. The van der Waals surface area contributed by atoms with Crippen LogP contribution in [0.2, 0.25) is 0 Å². The number of hydrogen-bond acceptors (Lipinski definition) is 2. The van der Waals surface area contributed by atoms with Crippen molar-refractivity contribution < 1.29 is 4.79 Å². The first kappa shape index (κ1) is 11.2. The summed E-state index contributed by atoms with van der Waals surface area (Å²) in [6.45, 7) is 4.47. The van der Waals surface area contributed by atoms with E-state index >= 15 is 0 Å². The average Bonchev–Trinajstić information content (AvgIpc) is 2.25. The molecule has 0 bridgehead atoms. The van der Waals surface area contributed by atoms with Crippen molar-refractivity contribution >= 4 is 11.5 Å². The molecule has 16 heavy (non-hydrogen) atoms. The molecule has 1 aliphatic rings. The average molecular weight is 217 g/mol. The molecule has 86 valence electrons. The lowest BCUT2D eigenvalue weighted by Crippen LogP contribution is -2.39. The number of nitrogens with one attached hydrogen (secondary N) is 1. The van der Waals surface area contributed by atoms with Gasteiger partial charge in [0.15, 0.2) is 5.78 Å². The largest absolute Gasteiger partial charge is 0.375 e. The van der Waals surface area contributed by atoms with Crippen LogP contribution in [0.15, 0.2) is 30.3 Å². The lowest BCUT2D eigenvalue weighted by molar-refractivity contribution is -0.122. The van der Waals surface area contributed by atoms with E-state index in [-0.39, 0.29) is 11.5 Å². The Bertz CT molecular complexity index is 370. The summed E-state index contributed by atoms with van der Waals surface area (Å²) in [4.78, 5) is 11.8. The van der Waals surface area contributed by atoms with Gasteiger partial charge in [0.1, 0.15) is 0 Å². The van der Waals surface area contributed by atoms with Crippen molar-refractivity contribution in [2.75, 3.05) is 5.32 Å². The molecule has 1 saturated carbocycles. The second kappa shape index (κ2) is 4.28. The molecule has 1 unspecified atom stereocenters. The van der Waals surface area contributed by atoms with Gasteiger partial charge in [-0.05, 0) is 30.4 Å². The summed E-state index contributed by atoms with van der Waals surface area (Å²) in [7, 11) is 0. The minimum absolute atomic E-state index is 0.00819. The van der Waals surface area contributed by atoms with Crippen LogP contribution in [-0.4, -0.2) is 11.8 Å². The predicted molar refractivity (Wildman–Crippen MR) is 66.5 cm³/mol. The molecular weight excluding hydrogens is 198 g/mol. The maximum atomic E-state index is 11.8. The number of carbonyl (C=O) groups is 1. The Hall–Kier alpha value is -1.31. The van der Waals surface area contributed by atoms with Crippen molar-refractivity contribution in [3.63, 3.8) is 0 Å². The smallest absolute Gasteiger partial charge is 0.155 e. The van der Waals surface area contributed by atoms with Gasteiger partial charge in [0.25, 0.3) is 0 Å². The topological polar surface area (TPSA) is 29.1 Å². The first-order valence-electron chi connectivity index (χ1n) is 5.91. The standard InChI is InChI=1S/C14H19NO/c1-14(2)9-8-13(16)12(10-14)15-11-6-4-3-5-7-11/h3-7,12,15H,8-10H2,1-2H3. The number of carbonyl (C=O) groups excluding carboxylic acids is 1. The van der Waals surface area contributed by atoms with Crippen LogP contribution in [0.3, 0.4) is 0 Å². The maximum Gasteiger partial charge on any atom is 0.155 e. The fraction of sp³-hybridized carbons (Fsp3) is 0.500. The number of hydrogen-bond donors (Lipinski definition) is 1. The summed E-state index contributed by atoms with van der Waals surface area (Å²) >= 11 is 0. The van der Waals surface area contributed by atoms with E-state index in [9.17, 15) is 4.79 Å². The molecule has 0 amide bonds. The lowest BCUT2D eigenvalue weighted by atomic mass is 9.74. The fourth-order valence-electron chi connectivity index (χ4n) is 2.27. The molecule has 1 N–H and O–H groups in total. The summed E-state index contributed by atoms with van der Waals surface area (Å²) in [6.07, 6.45) is 2.65. The maximum absolute atomic E-state index is 11.8. The summed E-state index contributed by atoms with van der Waals surface area (Å²) in [6, 6.07) is 9.97. The molecular formula is C14H19NO. The lowest BCUT2D eigenvalue weighted by Gasteiger charge is -2.34. The number of para-hydroxylation sites is 1. The van der Waals surface area contributed by atoms with E-state index in [1.165, 1.54) is 0 Å². The minimum atomic E-state index is -0.00819. The molecule has 0 spiro atoms. The predicted octanol–water partition coefficient (Wildman–Crippen LogP) is 3.25. The highest BCUT2D eigenvalue weighted by Gasteiger charge is 2.33. The first-order chi connectivity index (χ1) is 7.57. The van der Waals surface area contributed by atoms with Gasteiger partial charge in [-0.15, -0.1) is 0 Å². The van der Waals surface area contributed by atoms with Crippen LogP contribution in [0.25, 0.3) is 0 Å². The van der Waals surface area contributed by atoms with Crippen LogP contribution in [0.5, 0.6) is 0 Å². The van der Waals surface area contributed by atoms with E-state index in [0.29, 0.717) is 12.2 Å². The summed E-state index contributed by atoms with van der Waals surface area (Å²) in [5.41, 5.74) is 1.32. The molecule has 0 aliphatic heterocycles. The second-order valence-corrected chi connectivity index (χ2v) is 5.40. The third-order valence-electron chi connectivity index (χ3n) is 3.31. The molecule has 1 aromatic carbocycles. The third-order valence-corrected chi connectivity index (χ3v) is 3.31. The van der Waals surface area contributed by atoms with Crippen molar-refractivity contribution in [3.05, 3.63) is 30.3 Å². The molecule has 0 heterocycles. The SMILES string of the molecule is CC1(C)CCC(=O)C(Nc2ccccc2)C1. The molecule has 2 nitrogen and oxygen atoms in total. The zero-order valence-corrected chi connectivity index (χ0v) is 9.99. The van der Waals surface area contributed by atoms with E-state index in [2.05, 4.69) is 19.2 Å². The monoisotopic (exact) mass is 217 g/mol. The summed E-state index contributed by atoms with van der Waals surface area (Å²) < 4.78 is 0. The normalized spacial score (nSPS) is 24.1. The number of rotatable bonds is 2. The molecule has 1 aromatic rings. The van der Waals surface area contributed by atoms with Crippen molar-refractivity contribution in [3.8, 4) is 0 Å². The molecule has 0 saturated heterocycles. The number of Topliss-reactive ketones (excluding diaryl/α,β-unsaturated/α-hetero) is 1. The van der Waals surface area contributed by atoms with Crippen molar-refractivity contribution in [2.45, 2.75) is 39.2 Å². The zero-order chi connectivity index (χ0) is 11.6. The quantitative estimate of drug-likeness (QED) is 0.824. The van der Waals surface area contributed by atoms with Gasteiger partial charge in [0.05, 0.1) is 6.04 Å². The Kier molecular flexibility index (Phi) is 2.99. The van der Waals surface area contributed by atoms with Crippen molar-refractivity contribution in [1.29, 1.82) is 0 Å². The highest BCUT2D eigenvalue weighted by Crippen LogP contribution is 2.34. The summed E-state index contributed by atoms with van der Waals surface area (Å²) in [5, 5.41) is 3.34. The van der Waals surface area contributed by atoms with Crippen molar-refractivity contribution in [1.82, 2.24) is 0 Å². The Morgan fingerprint density at radius 3 is 2.62 bits per heavy atom. The van der Waals surface area contributed by atoms with Gasteiger partial charge in [-0.25, -0.2) is 0 Å². The van der Waals surface area contributed by atoms with Crippen LogP contribution in [0, 0.1) is 5.41 Å². The highest BCUT2D eigenvalue weighted by molar-refractivity contribution is 5.87. The van der Waals surface area contributed by atoms with Crippen LogP contribution in [0.4, 0.5) is 5.69 Å². The number of anilines is 1. The van der Waals surface area contributed by atoms with E-state index < -0.39 is 0 Å². The van der Waals surface area contributed by atoms with Crippen LogP contribution in [0.1, 0.15) is 33.1 Å². The molecule has 1 atom stereocenters. The van der Waals surface area contributed by atoms with Gasteiger partial charge in [-0.1, -0.05) is 32.0 Å². The van der Waals surface area contributed by atoms with E-state index in [1.54, 1.807) is 0 Å². The van der Waals surface area contributed by atoms with E-state index in [0.717, 1.165) is 18.5 Å². The van der Waals surface area contributed by atoms with Gasteiger partial charge in [-0.3, -0.25) is 4.79 Å². The first-order valence-corrected chi connectivity index (χ1v) is 5.91. The molecule has 1 fully saturated rings. The molecule has 0 radical (unpaired) electrons. The van der Waals surface area contributed by atoms with E-state index in [4.69, 9.17) is 0 Å². The number of benzene rings is 1. The van der Waals surface area contributed by atoms with E-state index in [1.807, 2.05) is 30.3 Å². The Morgan fingerprint density at radius 1 is 1.25 bits per heavy atom.